The molecule has 1 aliphatic heterocycles. The molecule has 0 fully saturated rings. The van der Waals surface area contributed by atoms with Crippen LogP contribution in [-0.4, -0.2) is 53.0 Å². The predicted molar refractivity (Wildman–Crippen MR) is 124 cm³/mol. The first-order valence-electron chi connectivity index (χ1n) is 11.8. The lowest BCUT2D eigenvalue weighted by Gasteiger charge is -2.24. The Balaban J connectivity index is 2.04. The van der Waals surface area contributed by atoms with Gasteiger partial charge in [-0.2, -0.15) is 5.10 Å². The molecule has 2 amide bonds. The van der Waals surface area contributed by atoms with E-state index in [0.717, 1.165) is 24.1 Å². The van der Waals surface area contributed by atoms with Crippen molar-refractivity contribution in [3.8, 4) is 0 Å². The molecule has 2 atom stereocenters. The fraction of sp³-hybridized carbons (Fsp3) is 0.708. The minimum atomic E-state index is -0.790. The average Bonchev–Trinajstić information content (AvgIpc) is 3.17. The number of carbonyl (C=O) groups excluding carboxylic acids is 4. The highest BCUT2D eigenvalue weighted by Gasteiger charge is 2.32. The zero-order valence-electron chi connectivity index (χ0n) is 20.5. The molecule has 9 nitrogen and oxygen atoms in total. The first kappa shape index (κ1) is 26.5. The summed E-state index contributed by atoms with van der Waals surface area (Å²) in [5.74, 6) is -2.42. The van der Waals surface area contributed by atoms with Crippen LogP contribution in [0.2, 0.25) is 0 Å². The smallest absolute Gasteiger partial charge is 0.407 e. The van der Waals surface area contributed by atoms with E-state index in [9.17, 15) is 19.2 Å². The molecule has 0 bridgehead atoms. The van der Waals surface area contributed by atoms with E-state index in [-0.39, 0.29) is 30.1 Å². The van der Waals surface area contributed by atoms with Crippen molar-refractivity contribution in [1.29, 1.82) is 0 Å². The minimum absolute atomic E-state index is 0.0933. The van der Waals surface area contributed by atoms with Crippen molar-refractivity contribution in [3.63, 3.8) is 0 Å². The van der Waals surface area contributed by atoms with Gasteiger partial charge in [0.25, 0.3) is 5.91 Å². The molecule has 1 aliphatic rings. The van der Waals surface area contributed by atoms with Crippen LogP contribution >= 0.6 is 0 Å². The number of nitrogens with zero attached hydrogens (tertiary/aromatic N) is 1. The van der Waals surface area contributed by atoms with Gasteiger partial charge in [-0.05, 0) is 42.6 Å². The molecule has 0 saturated heterocycles. The number of aromatic amines is 1. The lowest BCUT2D eigenvalue weighted by molar-refractivity contribution is -0.141. The number of rotatable bonds is 6. The zero-order valence-corrected chi connectivity index (χ0v) is 20.5. The number of fused-ring (bicyclic) bond motifs is 1. The molecule has 33 heavy (non-hydrogen) atoms. The number of ether oxygens (including phenoxy) is 1. The summed E-state index contributed by atoms with van der Waals surface area (Å²) < 4.78 is 5.24. The van der Waals surface area contributed by atoms with E-state index in [2.05, 4.69) is 20.8 Å². The molecule has 0 saturated carbocycles. The summed E-state index contributed by atoms with van der Waals surface area (Å²) in [6.45, 7) is 10.0. The maximum Gasteiger partial charge on any atom is 0.407 e. The number of alkyl carbamates (subject to hydrolysis) is 1. The van der Waals surface area contributed by atoms with Crippen molar-refractivity contribution in [2.45, 2.75) is 79.2 Å². The predicted octanol–water partition coefficient (Wildman–Crippen LogP) is 2.74. The molecule has 184 valence electrons. The summed E-state index contributed by atoms with van der Waals surface area (Å²) in [4.78, 5) is 50.6. The van der Waals surface area contributed by atoms with E-state index in [0.29, 0.717) is 25.8 Å². The van der Waals surface area contributed by atoms with E-state index in [1.165, 1.54) is 0 Å². The number of aryl methyl sites for hydroxylation is 1. The molecule has 0 aliphatic carbocycles. The molecule has 9 heteroatoms. The molecule has 2 unspecified atom stereocenters. The van der Waals surface area contributed by atoms with Crippen LogP contribution < -0.4 is 10.6 Å². The highest BCUT2D eigenvalue weighted by atomic mass is 16.5. The van der Waals surface area contributed by atoms with Gasteiger partial charge in [0.2, 0.25) is 5.78 Å². The third-order valence-electron chi connectivity index (χ3n) is 5.68. The van der Waals surface area contributed by atoms with Gasteiger partial charge in [0.15, 0.2) is 5.78 Å². The van der Waals surface area contributed by atoms with Crippen LogP contribution in [0.15, 0.2) is 6.20 Å². The Morgan fingerprint density at radius 1 is 1.21 bits per heavy atom. The molecular formula is C24H38N4O5. The maximum absolute atomic E-state index is 13.1. The number of H-pyrrole nitrogens is 1. The molecule has 1 aromatic rings. The molecular weight excluding hydrogens is 424 g/mol. The third-order valence-corrected chi connectivity index (χ3v) is 5.68. The summed E-state index contributed by atoms with van der Waals surface area (Å²) in [6, 6.07) is -0.790. The summed E-state index contributed by atoms with van der Waals surface area (Å²) in [5, 5.41) is 12.4. The van der Waals surface area contributed by atoms with Gasteiger partial charge in [-0.15, -0.1) is 0 Å². The van der Waals surface area contributed by atoms with Crippen molar-refractivity contribution in [3.05, 3.63) is 17.5 Å². The summed E-state index contributed by atoms with van der Waals surface area (Å²) >= 11 is 0. The molecule has 3 N–H and O–H groups in total. The fourth-order valence-electron chi connectivity index (χ4n) is 3.81. The van der Waals surface area contributed by atoms with E-state index < -0.39 is 29.7 Å². The largest absolute Gasteiger partial charge is 0.449 e. The van der Waals surface area contributed by atoms with Gasteiger partial charge in [0.1, 0.15) is 0 Å². The second kappa shape index (κ2) is 12.0. The first-order chi connectivity index (χ1) is 15.5. The number of hydrogen-bond acceptors (Lipinski definition) is 6. The monoisotopic (exact) mass is 462 g/mol. The van der Waals surface area contributed by atoms with Gasteiger partial charge in [0, 0.05) is 24.6 Å². The molecule has 2 heterocycles. The van der Waals surface area contributed by atoms with Crippen molar-refractivity contribution >= 4 is 23.6 Å². The van der Waals surface area contributed by atoms with E-state index in [1.807, 2.05) is 34.6 Å². The Morgan fingerprint density at radius 3 is 2.61 bits per heavy atom. The first-order valence-corrected chi connectivity index (χ1v) is 11.8. The van der Waals surface area contributed by atoms with Crippen LogP contribution in [0.3, 0.4) is 0 Å². The number of nitrogens with one attached hydrogen (secondary N) is 3. The minimum Gasteiger partial charge on any atom is -0.449 e. The molecule has 0 aromatic carbocycles. The van der Waals surface area contributed by atoms with Crippen molar-refractivity contribution in [1.82, 2.24) is 20.8 Å². The average molecular weight is 463 g/mol. The molecule has 0 radical (unpaired) electrons. The second-order valence-electron chi connectivity index (χ2n) is 10.4. The van der Waals surface area contributed by atoms with E-state index >= 15 is 0 Å². The summed E-state index contributed by atoms with van der Waals surface area (Å²) in [7, 11) is 0. The highest BCUT2D eigenvalue weighted by molar-refractivity contribution is 6.37. The van der Waals surface area contributed by atoms with Crippen molar-refractivity contribution in [2.75, 3.05) is 13.2 Å². The Bertz CT molecular complexity index is 840. The van der Waals surface area contributed by atoms with Crippen LogP contribution in [0.25, 0.3) is 0 Å². The molecule has 1 aromatic heterocycles. The Labute approximate surface area is 195 Å². The van der Waals surface area contributed by atoms with Gasteiger partial charge in [-0.1, -0.05) is 41.0 Å². The quantitative estimate of drug-likeness (QED) is 0.557. The van der Waals surface area contributed by atoms with Crippen molar-refractivity contribution < 1.29 is 23.9 Å². The molecule has 0 spiro atoms. The standard InChI is InChI=1S/C24H38N4O5/c1-15(2)20(27-23(32)33-14-24(3,4)5)19(29)12-16-8-6-7-9-18-17(13-26-28-18)10-11-25-22(31)21(16)30/h13,15-16,20H,6-12,14H2,1-5H3,(H,25,31)(H,26,28)(H,27,32). The van der Waals surface area contributed by atoms with Crippen LogP contribution in [0.4, 0.5) is 4.79 Å². The molecule has 2 rings (SSSR count). The van der Waals surface area contributed by atoms with Crippen LogP contribution in [-0.2, 0) is 32.0 Å². The highest BCUT2D eigenvalue weighted by Crippen LogP contribution is 2.20. The van der Waals surface area contributed by atoms with Crippen LogP contribution in [0, 0.1) is 17.3 Å². The number of amides is 2. The van der Waals surface area contributed by atoms with E-state index in [4.69, 9.17) is 4.74 Å². The number of Topliss-reactive ketones (excluding diaryl/α,β-unsaturated/α-hetero) is 2. The van der Waals surface area contributed by atoms with Gasteiger partial charge in [0.05, 0.1) is 18.8 Å². The van der Waals surface area contributed by atoms with Gasteiger partial charge >= 0.3 is 6.09 Å². The topological polar surface area (TPSA) is 130 Å². The zero-order chi connectivity index (χ0) is 24.6. The second-order valence-corrected chi connectivity index (χ2v) is 10.4. The number of hydrogen-bond donors (Lipinski definition) is 3. The normalized spacial score (nSPS) is 19.0. The summed E-state index contributed by atoms with van der Waals surface area (Å²) in [6.07, 6.45) is 4.34. The van der Waals surface area contributed by atoms with Gasteiger partial charge < -0.3 is 15.4 Å². The number of aromatic nitrogens is 2. The van der Waals surface area contributed by atoms with Crippen LogP contribution in [0.5, 0.6) is 0 Å². The van der Waals surface area contributed by atoms with Crippen LogP contribution in [0.1, 0.15) is 71.6 Å². The number of ketones is 2. The summed E-state index contributed by atoms with van der Waals surface area (Å²) in [5.41, 5.74) is 1.89. The van der Waals surface area contributed by atoms with Gasteiger partial charge in [-0.25, -0.2) is 4.79 Å². The van der Waals surface area contributed by atoms with Gasteiger partial charge in [-0.3, -0.25) is 19.5 Å². The lowest BCUT2D eigenvalue weighted by atomic mass is 9.86. The fourth-order valence-corrected chi connectivity index (χ4v) is 3.81. The Kier molecular flexibility index (Phi) is 9.61. The third kappa shape index (κ3) is 8.63. The van der Waals surface area contributed by atoms with Crippen molar-refractivity contribution in [2.24, 2.45) is 17.3 Å². The lowest BCUT2D eigenvalue weighted by Crippen LogP contribution is -2.46. The Morgan fingerprint density at radius 2 is 1.94 bits per heavy atom. The SMILES string of the molecule is CC(C)C(NC(=O)OCC(C)(C)C)C(=O)CC1CCCCc2[nH]ncc2CCNC(=O)C1=O. The number of carbonyl (C=O) groups is 4. The van der Waals surface area contributed by atoms with E-state index in [1.54, 1.807) is 6.20 Å². The Hall–Kier alpha value is -2.71. The maximum atomic E-state index is 13.1.